The predicted molar refractivity (Wildman–Crippen MR) is 125 cm³/mol. The molecule has 5 nitrogen and oxygen atoms in total. The number of aliphatic hydroxyl groups is 1. The Morgan fingerprint density at radius 1 is 1.15 bits per heavy atom. The molecule has 33 heavy (non-hydrogen) atoms. The van der Waals surface area contributed by atoms with Crippen LogP contribution in [0.4, 0.5) is 0 Å². The average Bonchev–Trinajstić information content (AvgIpc) is 3.58. The maximum atomic E-state index is 12.4. The molecule has 5 aliphatic rings. The van der Waals surface area contributed by atoms with Gasteiger partial charge < -0.3 is 19.3 Å². The molecule has 3 aliphatic carbocycles. The fourth-order valence-corrected chi connectivity index (χ4v) is 7.04. The Bertz CT molecular complexity index is 1110. The van der Waals surface area contributed by atoms with Gasteiger partial charge in [-0.2, -0.15) is 0 Å². The number of hydrogen-bond donors (Lipinski definition) is 1. The zero-order valence-corrected chi connectivity index (χ0v) is 19.1. The maximum absolute atomic E-state index is 12.4. The second-order valence-corrected chi connectivity index (χ2v) is 10.5. The van der Waals surface area contributed by atoms with Crippen molar-refractivity contribution in [1.29, 1.82) is 0 Å². The van der Waals surface area contributed by atoms with Crippen LogP contribution in [0.25, 0.3) is 0 Å². The highest BCUT2D eigenvalue weighted by atomic mass is 16.6. The third-order valence-corrected chi connectivity index (χ3v) is 8.79. The van der Waals surface area contributed by atoms with Gasteiger partial charge in [0.05, 0.1) is 5.41 Å². The van der Waals surface area contributed by atoms with E-state index in [1.165, 1.54) is 18.4 Å². The minimum atomic E-state index is -0.962. The molecule has 2 heterocycles. The van der Waals surface area contributed by atoms with Crippen LogP contribution in [0, 0.1) is 5.92 Å². The van der Waals surface area contributed by atoms with Gasteiger partial charge in [-0.3, -0.25) is 4.90 Å². The van der Waals surface area contributed by atoms with Crippen LogP contribution in [0.5, 0.6) is 11.5 Å². The summed E-state index contributed by atoms with van der Waals surface area (Å²) in [7, 11) is 1.73. The number of nitrogens with zero attached hydrogens (tertiary/aromatic N) is 1. The molecule has 2 fully saturated rings. The standard InChI is InChI=1S/C28H31NO4/c1-31-22-11-12-28(30)23-15-20-9-10-21(32-17-19-5-3-2-4-6-19)25-24(20)27(28,26(22)33-25)13-14-29(23)16-18-7-8-18/h2-6,9-12,18,22-23,26,30H,7-8,13-17H2,1H3/t22?,23-,26+,27+,28-/m1/s1. The molecule has 5 atom stereocenters. The van der Waals surface area contributed by atoms with Crippen molar-refractivity contribution >= 4 is 0 Å². The molecule has 0 amide bonds. The molecular formula is C28H31NO4. The summed E-state index contributed by atoms with van der Waals surface area (Å²) in [4.78, 5) is 2.55. The quantitative estimate of drug-likeness (QED) is 0.689. The summed E-state index contributed by atoms with van der Waals surface area (Å²) in [6.07, 6.45) is 7.97. The molecule has 1 N–H and O–H groups in total. The zero-order chi connectivity index (χ0) is 22.2. The van der Waals surface area contributed by atoms with E-state index in [2.05, 4.69) is 29.2 Å². The van der Waals surface area contributed by atoms with Gasteiger partial charge in [0.1, 0.15) is 24.4 Å². The number of likely N-dealkylation sites (tertiary alicyclic amines) is 1. The van der Waals surface area contributed by atoms with Crippen LogP contribution in [0.15, 0.2) is 54.6 Å². The summed E-state index contributed by atoms with van der Waals surface area (Å²) in [6.45, 7) is 2.57. The van der Waals surface area contributed by atoms with E-state index in [0.29, 0.717) is 6.61 Å². The molecule has 5 heteroatoms. The van der Waals surface area contributed by atoms with E-state index < -0.39 is 11.0 Å². The van der Waals surface area contributed by atoms with E-state index in [0.717, 1.165) is 54.5 Å². The zero-order valence-electron chi connectivity index (χ0n) is 19.1. The summed E-state index contributed by atoms with van der Waals surface area (Å²) in [5, 5.41) is 12.4. The molecule has 1 unspecified atom stereocenters. The average molecular weight is 446 g/mol. The lowest BCUT2D eigenvalue weighted by Gasteiger charge is -2.62. The lowest BCUT2D eigenvalue weighted by molar-refractivity contribution is -0.160. The summed E-state index contributed by atoms with van der Waals surface area (Å²) >= 11 is 0. The minimum Gasteiger partial charge on any atom is -0.485 e. The fraction of sp³-hybridized carbons (Fsp3) is 0.500. The Morgan fingerprint density at radius 3 is 2.79 bits per heavy atom. The van der Waals surface area contributed by atoms with Gasteiger partial charge in [0.15, 0.2) is 11.5 Å². The minimum absolute atomic E-state index is 0.0709. The van der Waals surface area contributed by atoms with Crippen LogP contribution < -0.4 is 9.47 Å². The number of methoxy groups -OCH3 is 1. The maximum Gasteiger partial charge on any atom is 0.166 e. The monoisotopic (exact) mass is 445 g/mol. The molecule has 2 aromatic rings. The molecule has 1 spiro atoms. The van der Waals surface area contributed by atoms with Crippen LogP contribution >= 0.6 is 0 Å². The highest BCUT2D eigenvalue weighted by Gasteiger charge is 2.72. The third kappa shape index (κ3) is 2.70. The Labute approximate surface area is 195 Å². The molecule has 0 aromatic heterocycles. The van der Waals surface area contributed by atoms with Crippen molar-refractivity contribution < 1.29 is 19.3 Å². The van der Waals surface area contributed by atoms with Crippen molar-refractivity contribution in [2.45, 2.75) is 61.6 Å². The Kier molecular flexibility index (Phi) is 4.31. The first kappa shape index (κ1) is 20.1. The smallest absolute Gasteiger partial charge is 0.166 e. The lowest BCUT2D eigenvalue weighted by Crippen LogP contribution is -2.75. The van der Waals surface area contributed by atoms with Crippen LogP contribution in [-0.2, 0) is 23.2 Å². The summed E-state index contributed by atoms with van der Waals surface area (Å²) < 4.78 is 18.9. The van der Waals surface area contributed by atoms with Crippen molar-refractivity contribution in [3.05, 3.63) is 71.3 Å². The molecule has 2 aliphatic heterocycles. The largest absolute Gasteiger partial charge is 0.485 e. The van der Waals surface area contributed by atoms with Gasteiger partial charge in [-0.15, -0.1) is 0 Å². The van der Waals surface area contributed by atoms with Gasteiger partial charge in [-0.1, -0.05) is 48.6 Å². The van der Waals surface area contributed by atoms with Crippen molar-refractivity contribution in [3.8, 4) is 11.5 Å². The summed E-state index contributed by atoms with van der Waals surface area (Å²) in [6, 6.07) is 14.5. The molecule has 2 aromatic carbocycles. The first-order valence-electron chi connectivity index (χ1n) is 12.3. The highest BCUT2D eigenvalue weighted by Crippen LogP contribution is 2.64. The Hall–Kier alpha value is -2.34. The van der Waals surface area contributed by atoms with Crippen LogP contribution in [0.3, 0.4) is 0 Å². The van der Waals surface area contributed by atoms with Gasteiger partial charge >= 0.3 is 0 Å². The summed E-state index contributed by atoms with van der Waals surface area (Å²) in [5.41, 5.74) is 2.12. The van der Waals surface area contributed by atoms with Gasteiger partial charge in [0.2, 0.25) is 0 Å². The van der Waals surface area contributed by atoms with Gasteiger partial charge in [-0.25, -0.2) is 0 Å². The van der Waals surface area contributed by atoms with Crippen molar-refractivity contribution in [2.24, 2.45) is 5.92 Å². The number of hydrogen-bond acceptors (Lipinski definition) is 5. The fourth-order valence-electron chi connectivity index (χ4n) is 7.04. The van der Waals surface area contributed by atoms with Crippen molar-refractivity contribution in [3.63, 3.8) is 0 Å². The number of rotatable bonds is 6. The molecule has 0 radical (unpaired) electrons. The molecule has 172 valence electrons. The Balaban J connectivity index is 1.33. The molecule has 7 rings (SSSR count). The van der Waals surface area contributed by atoms with E-state index in [4.69, 9.17) is 14.2 Å². The predicted octanol–water partition coefficient (Wildman–Crippen LogP) is 3.62. The van der Waals surface area contributed by atoms with E-state index >= 15 is 0 Å². The van der Waals surface area contributed by atoms with E-state index in [-0.39, 0.29) is 18.2 Å². The van der Waals surface area contributed by atoms with E-state index in [9.17, 15) is 5.11 Å². The van der Waals surface area contributed by atoms with Gasteiger partial charge in [0, 0.05) is 25.3 Å². The van der Waals surface area contributed by atoms with Crippen LogP contribution in [-0.4, -0.2) is 54.1 Å². The lowest BCUT2D eigenvalue weighted by atomic mass is 9.50. The molecular weight excluding hydrogens is 414 g/mol. The second kappa shape index (κ2) is 7.08. The van der Waals surface area contributed by atoms with Gasteiger partial charge in [-0.05, 0) is 55.3 Å². The van der Waals surface area contributed by atoms with Crippen LogP contribution in [0.2, 0.25) is 0 Å². The normalized spacial score (nSPS) is 35.8. The SMILES string of the molecule is COC1C=C[C@@]2(O)[C@H]3Cc4ccc(OCc5ccccc5)c5c4[C@@]2(CCN3CC2CC2)[C@H]1O5. The highest BCUT2D eigenvalue weighted by molar-refractivity contribution is 5.64. The first-order valence-corrected chi connectivity index (χ1v) is 12.3. The number of piperidine rings is 1. The second-order valence-electron chi connectivity index (χ2n) is 10.5. The number of ether oxygens (including phenoxy) is 3. The van der Waals surface area contributed by atoms with E-state index in [1.54, 1.807) is 7.11 Å². The van der Waals surface area contributed by atoms with Crippen molar-refractivity contribution in [1.82, 2.24) is 4.90 Å². The first-order chi connectivity index (χ1) is 16.1. The summed E-state index contributed by atoms with van der Waals surface area (Å²) in [5.74, 6) is 2.37. The molecule has 1 saturated carbocycles. The van der Waals surface area contributed by atoms with E-state index in [1.807, 2.05) is 30.4 Å². The van der Waals surface area contributed by atoms with Gasteiger partial charge in [0.25, 0.3) is 0 Å². The van der Waals surface area contributed by atoms with Crippen molar-refractivity contribution in [2.75, 3.05) is 20.2 Å². The molecule has 2 bridgehead atoms. The topological polar surface area (TPSA) is 51.2 Å². The Morgan fingerprint density at radius 2 is 2.00 bits per heavy atom. The third-order valence-electron chi connectivity index (χ3n) is 8.79. The van der Waals surface area contributed by atoms with Crippen LogP contribution in [0.1, 0.15) is 36.0 Å². The number of benzene rings is 2. The molecule has 1 saturated heterocycles.